The molecule has 1 unspecified atom stereocenters. The van der Waals surface area contributed by atoms with Gasteiger partial charge in [-0.2, -0.15) is 0 Å². The number of anilines is 1. The summed E-state index contributed by atoms with van der Waals surface area (Å²) in [6.45, 7) is 11.0. The Balaban J connectivity index is 1.75. The number of hydrogen-bond donors (Lipinski definition) is 0. The summed E-state index contributed by atoms with van der Waals surface area (Å²) in [7, 11) is 0. The van der Waals surface area contributed by atoms with E-state index in [9.17, 15) is 0 Å². The fraction of sp³-hybridized carbons (Fsp3) is 0.478. The van der Waals surface area contributed by atoms with Gasteiger partial charge in [0.25, 0.3) is 0 Å². The molecule has 1 fully saturated rings. The quantitative estimate of drug-likeness (QED) is 0.665. The molecule has 1 heterocycles. The first-order valence-corrected chi connectivity index (χ1v) is 9.65. The van der Waals surface area contributed by atoms with Crippen molar-refractivity contribution in [3.8, 4) is 5.75 Å². The molecule has 0 aliphatic carbocycles. The Morgan fingerprint density at radius 2 is 1.68 bits per heavy atom. The van der Waals surface area contributed by atoms with Crippen LogP contribution in [-0.4, -0.2) is 19.2 Å². The molecule has 1 atom stereocenters. The number of benzene rings is 2. The highest BCUT2D eigenvalue weighted by Crippen LogP contribution is 2.34. The second-order valence-corrected chi connectivity index (χ2v) is 7.73. The summed E-state index contributed by atoms with van der Waals surface area (Å²) < 4.78 is 5.78. The molecule has 2 nitrogen and oxygen atoms in total. The molecule has 2 aromatic rings. The molecule has 0 radical (unpaired) electrons. The largest absolute Gasteiger partial charge is 0.491 e. The summed E-state index contributed by atoms with van der Waals surface area (Å²) in [5, 5.41) is 0. The van der Waals surface area contributed by atoms with E-state index in [1.165, 1.54) is 29.7 Å². The molecule has 0 saturated carbocycles. The molecular formula is C23H31NO. The monoisotopic (exact) mass is 337 g/mol. The molecule has 3 rings (SSSR count). The topological polar surface area (TPSA) is 12.5 Å². The van der Waals surface area contributed by atoms with Crippen LogP contribution >= 0.6 is 0 Å². The van der Waals surface area contributed by atoms with E-state index < -0.39 is 0 Å². The maximum absolute atomic E-state index is 5.78. The molecule has 0 amide bonds. The predicted octanol–water partition coefficient (Wildman–Crippen LogP) is 5.98. The lowest BCUT2D eigenvalue weighted by molar-refractivity contribution is 0.242. The van der Waals surface area contributed by atoms with E-state index in [0.717, 1.165) is 18.8 Å². The third kappa shape index (κ3) is 4.36. The van der Waals surface area contributed by atoms with Gasteiger partial charge in [-0.3, -0.25) is 0 Å². The van der Waals surface area contributed by atoms with E-state index in [-0.39, 0.29) is 6.10 Å². The number of ether oxygens (including phenoxy) is 1. The van der Waals surface area contributed by atoms with Gasteiger partial charge in [0, 0.05) is 24.7 Å². The maximum Gasteiger partial charge on any atom is 0.119 e. The molecule has 25 heavy (non-hydrogen) atoms. The third-order valence-electron chi connectivity index (χ3n) is 5.04. The highest BCUT2D eigenvalue weighted by Gasteiger charge is 2.23. The fourth-order valence-corrected chi connectivity index (χ4v) is 3.82. The van der Waals surface area contributed by atoms with Crippen molar-refractivity contribution in [3.63, 3.8) is 0 Å². The summed E-state index contributed by atoms with van der Waals surface area (Å²) >= 11 is 0. The summed E-state index contributed by atoms with van der Waals surface area (Å²) in [5.74, 6) is 2.13. The highest BCUT2D eigenvalue weighted by atomic mass is 16.5. The van der Waals surface area contributed by atoms with Crippen LogP contribution in [0.2, 0.25) is 0 Å². The first-order valence-electron chi connectivity index (χ1n) is 9.65. The minimum absolute atomic E-state index is 0.226. The van der Waals surface area contributed by atoms with E-state index in [2.05, 4.69) is 81.1 Å². The van der Waals surface area contributed by atoms with Crippen molar-refractivity contribution in [2.75, 3.05) is 18.0 Å². The predicted molar refractivity (Wildman–Crippen MR) is 107 cm³/mol. The zero-order valence-electron chi connectivity index (χ0n) is 16.0. The maximum atomic E-state index is 5.78. The van der Waals surface area contributed by atoms with Crippen molar-refractivity contribution in [1.82, 2.24) is 0 Å². The molecule has 2 aromatic carbocycles. The van der Waals surface area contributed by atoms with Gasteiger partial charge in [0.1, 0.15) is 5.75 Å². The van der Waals surface area contributed by atoms with Gasteiger partial charge >= 0.3 is 0 Å². The Morgan fingerprint density at radius 3 is 2.36 bits per heavy atom. The van der Waals surface area contributed by atoms with Crippen LogP contribution in [0.3, 0.4) is 0 Å². The molecule has 1 aliphatic heterocycles. The first kappa shape index (κ1) is 17.8. The molecule has 1 saturated heterocycles. The van der Waals surface area contributed by atoms with Crippen molar-refractivity contribution in [3.05, 3.63) is 59.7 Å². The van der Waals surface area contributed by atoms with Gasteiger partial charge in [-0.1, -0.05) is 44.2 Å². The Bertz CT molecular complexity index is 675. The number of para-hydroxylation sites is 1. The number of piperidine rings is 1. The second-order valence-electron chi connectivity index (χ2n) is 7.73. The van der Waals surface area contributed by atoms with Crippen molar-refractivity contribution in [2.24, 2.45) is 0 Å². The lowest BCUT2D eigenvalue weighted by Crippen LogP contribution is -2.35. The van der Waals surface area contributed by atoms with E-state index in [1.54, 1.807) is 0 Å². The average molecular weight is 338 g/mol. The van der Waals surface area contributed by atoms with Crippen LogP contribution in [0, 0.1) is 0 Å². The minimum Gasteiger partial charge on any atom is -0.491 e. The van der Waals surface area contributed by atoms with E-state index >= 15 is 0 Å². The van der Waals surface area contributed by atoms with Crippen LogP contribution in [0.5, 0.6) is 5.75 Å². The lowest BCUT2D eigenvalue weighted by Gasteiger charge is -2.36. The standard InChI is InChI=1S/C23H31NO/c1-17(2)22-9-5-6-10-23(22)24-15-7-8-20(16-24)19-11-13-21(14-12-19)25-18(3)4/h5-6,9-14,17-18,20H,7-8,15-16H2,1-4H3. The normalized spacial score (nSPS) is 18.0. The summed E-state index contributed by atoms with van der Waals surface area (Å²) in [5.41, 5.74) is 4.31. The van der Waals surface area contributed by atoms with E-state index in [1.807, 2.05) is 0 Å². The van der Waals surface area contributed by atoms with Crippen LogP contribution in [0.25, 0.3) is 0 Å². The molecule has 2 heteroatoms. The molecular weight excluding hydrogens is 306 g/mol. The van der Waals surface area contributed by atoms with Gasteiger partial charge in [-0.15, -0.1) is 0 Å². The van der Waals surface area contributed by atoms with Gasteiger partial charge in [-0.05, 0) is 61.9 Å². The molecule has 0 aromatic heterocycles. The molecule has 0 spiro atoms. The van der Waals surface area contributed by atoms with Gasteiger partial charge in [-0.25, -0.2) is 0 Å². The van der Waals surface area contributed by atoms with Gasteiger partial charge in [0.2, 0.25) is 0 Å². The Kier molecular flexibility index (Phi) is 5.67. The van der Waals surface area contributed by atoms with Crippen LogP contribution in [0.1, 0.15) is 63.5 Å². The van der Waals surface area contributed by atoms with E-state index in [4.69, 9.17) is 4.74 Å². The summed E-state index contributed by atoms with van der Waals surface area (Å²) in [6, 6.07) is 17.6. The van der Waals surface area contributed by atoms with Gasteiger partial charge in [0.15, 0.2) is 0 Å². The third-order valence-corrected chi connectivity index (χ3v) is 5.04. The summed E-state index contributed by atoms with van der Waals surface area (Å²) in [4.78, 5) is 2.59. The van der Waals surface area contributed by atoms with Crippen molar-refractivity contribution in [2.45, 2.75) is 58.5 Å². The van der Waals surface area contributed by atoms with Crippen molar-refractivity contribution in [1.29, 1.82) is 0 Å². The van der Waals surface area contributed by atoms with Crippen LogP contribution in [0.15, 0.2) is 48.5 Å². The number of rotatable bonds is 5. The lowest BCUT2D eigenvalue weighted by atomic mass is 9.89. The molecule has 0 N–H and O–H groups in total. The van der Waals surface area contributed by atoms with Gasteiger partial charge < -0.3 is 9.64 Å². The van der Waals surface area contributed by atoms with Crippen LogP contribution in [0.4, 0.5) is 5.69 Å². The van der Waals surface area contributed by atoms with Crippen LogP contribution < -0.4 is 9.64 Å². The zero-order chi connectivity index (χ0) is 17.8. The average Bonchev–Trinajstić information content (AvgIpc) is 2.62. The fourth-order valence-electron chi connectivity index (χ4n) is 3.82. The van der Waals surface area contributed by atoms with Gasteiger partial charge in [0.05, 0.1) is 6.10 Å². The van der Waals surface area contributed by atoms with Crippen LogP contribution in [-0.2, 0) is 0 Å². The first-order chi connectivity index (χ1) is 12.0. The number of hydrogen-bond acceptors (Lipinski definition) is 2. The minimum atomic E-state index is 0.226. The highest BCUT2D eigenvalue weighted by molar-refractivity contribution is 5.55. The smallest absolute Gasteiger partial charge is 0.119 e. The molecule has 134 valence electrons. The Hall–Kier alpha value is -1.96. The molecule has 0 bridgehead atoms. The number of nitrogens with zero attached hydrogens (tertiary/aromatic N) is 1. The zero-order valence-corrected chi connectivity index (χ0v) is 16.0. The van der Waals surface area contributed by atoms with Crippen molar-refractivity contribution < 1.29 is 4.74 Å². The SMILES string of the molecule is CC(C)Oc1ccc(C2CCCN(c3ccccc3C(C)C)C2)cc1. The Morgan fingerprint density at radius 1 is 0.960 bits per heavy atom. The second kappa shape index (κ2) is 7.95. The van der Waals surface area contributed by atoms with E-state index in [0.29, 0.717) is 11.8 Å². The Labute approximate surface area is 152 Å². The van der Waals surface area contributed by atoms with Crippen molar-refractivity contribution >= 4 is 5.69 Å². The summed E-state index contributed by atoms with van der Waals surface area (Å²) in [6.07, 6.45) is 2.75. The molecule has 1 aliphatic rings.